The van der Waals surface area contributed by atoms with Gasteiger partial charge in [0.25, 0.3) is 0 Å². The second-order valence-corrected chi connectivity index (χ2v) is 6.41. The molecule has 0 aromatic carbocycles. The van der Waals surface area contributed by atoms with Crippen molar-refractivity contribution in [2.75, 3.05) is 33.2 Å². The van der Waals surface area contributed by atoms with Gasteiger partial charge in [0.2, 0.25) is 10.0 Å². The molecule has 0 atom stereocenters. The van der Waals surface area contributed by atoms with Crippen LogP contribution in [0, 0.1) is 6.92 Å². The van der Waals surface area contributed by atoms with Crippen LogP contribution < -0.4 is 0 Å². The second-order valence-electron chi connectivity index (χ2n) is 4.54. The summed E-state index contributed by atoms with van der Waals surface area (Å²) >= 11 is 0. The lowest BCUT2D eigenvalue weighted by Crippen LogP contribution is -2.47. The molecule has 1 aromatic rings. The minimum absolute atomic E-state index is 0.232. The van der Waals surface area contributed by atoms with E-state index < -0.39 is 21.7 Å². The normalized spacial score (nSPS) is 18.6. The molecule has 0 aliphatic carbocycles. The molecule has 2 rings (SSSR count). The van der Waals surface area contributed by atoms with E-state index in [0.717, 1.165) is 0 Å². The molecule has 0 amide bonds. The van der Waals surface area contributed by atoms with Gasteiger partial charge in [-0.25, -0.2) is 13.2 Å². The van der Waals surface area contributed by atoms with E-state index >= 15 is 0 Å². The molecule has 2 heterocycles. The molecule has 0 bridgehead atoms. The fourth-order valence-corrected chi connectivity index (χ4v) is 3.75. The van der Waals surface area contributed by atoms with Crippen LogP contribution in [0.5, 0.6) is 0 Å². The first-order valence-corrected chi connectivity index (χ1v) is 7.25. The van der Waals surface area contributed by atoms with Crippen molar-refractivity contribution in [1.82, 2.24) is 19.4 Å². The third-order valence-electron chi connectivity index (χ3n) is 3.15. The Balaban J connectivity index is 2.40. The van der Waals surface area contributed by atoms with Gasteiger partial charge in [0, 0.05) is 26.2 Å². The summed E-state index contributed by atoms with van der Waals surface area (Å²) in [7, 11) is -1.90. The molecular formula is C10H16N4O4S. The number of hydrogen-bond donors (Lipinski definition) is 2. The molecule has 1 aromatic heterocycles. The number of nitrogens with one attached hydrogen (secondary N) is 1. The molecule has 1 aliphatic rings. The van der Waals surface area contributed by atoms with Crippen LogP contribution in [0.15, 0.2) is 4.90 Å². The van der Waals surface area contributed by atoms with Gasteiger partial charge in [-0.05, 0) is 14.0 Å². The average Bonchev–Trinajstić information content (AvgIpc) is 2.72. The van der Waals surface area contributed by atoms with Gasteiger partial charge in [-0.3, -0.25) is 5.10 Å². The van der Waals surface area contributed by atoms with E-state index in [9.17, 15) is 13.2 Å². The van der Waals surface area contributed by atoms with Gasteiger partial charge in [0.1, 0.15) is 4.90 Å². The third kappa shape index (κ3) is 2.48. The Kier molecular flexibility index (Phi) is 3.61. The first-order valence-electron chi connectivity index (χ1n) is 5.81. The van der Waals surface area contributed by atoms with E-state index in [1.807, 2.05) is 11.9 Å². The molecule has 1 aliphatic heterocycles. The summed E-state index contributed by atoms with van der Waals surface area (Å²) in [5, 5.41) is 15.0. The van der Waals surface area contributed by atoms with Crippen molar-refractivity contribution in [2.24, 2.45) is 0 Å². The van der Waals surface area contributed by atoms with E-state index in [4.69, 9.17) is 5.11 Å². The number of sulfonamides is 1. The maximum absolute atomic E-state index is 12.5. The largest absolute Gasteiger partial charge is 0.476 e. The van der Waals surface area contributed by atoms with Crippen molar-refractivity contribution >= 4 is 16.0 Å². The molecule has 1 saturated heterocycles. The van der Waals surface area contributed by atoms with Crippen LogP contribution in [0.1, 0.15) is 16.2 Å². The lowest BCUT2D eigenvalue weighted by atomic mass is 10.4. The monoisotopic (exact) mass is 288 g/mol. The van der Waals surface area contributed by atoms with E-state index in [1.165, 1.54) is 11.2 Å². The molecule has 8 nitrogen and oxygen atoms in total. The van der Waals surface area contributed by atoms with Gasteiger partial charge in [-0.2, -0.15) is 9.40 Å². The maximum atomic E-state index is 12.5. The van der Waals surface area contributed by atoms with E-state index in [-0.39, 0.29) is 10.6 Å². The third-order valence-corrected chi connectivity index (χ3v) is 5.21. The Hall–Kier alpha value is -1.45. The molecular weight excluding hydrogens is 272 g/mol. The van der Waals surface area contributed by atoms with Crippen LogP contribution in [-0.2, 0) is 10.0 Å². The first-order chi connectivity index (χ1) is 8.84. The smallest absolute Gasteiger partial charge is 0.357 e. The molecule has 0 radical (unpaired) electrons. The van der Waals surface area contributed by atoms with Gasteiger partial charge in [-0.1, -0.05) is 0 Å². The minimum atomic E-state index is -3.82. The van der Waals surface area contributed by atoms with Gasteiger partial charge in [-0.15, -0.1) is 0 Å². The highest BCUT2D eigenvalue weighted by atomic mass is 32.2. The lowest BCUT2D eigenvalue weighted by Gasteiger charge is -2.31. The van der Waals surface area contributed by atoms with Crippen molar-refractivity contribution in [3.8, 4) is 0 Å². The van der Waals surface area contributed by atoms with Crippen molar-refractivity contribution < 1.29 is 18.3 Å². The van der Waals surface area contributed by atoms with Crippen molar-refractivity contribution in [1.29, 1.82) is 0 Å². The summed E-state index contributed by atoms with van der Waals surface area (Å²) < 4.78 is 26.3. The Morgan fingerprint density at radius 3 is 2.42 bits per heavy atom. The fourth-order valence-electron chi connectivity index (χ4n) is 2.04. The highest BCUT2D eigenvalue weighted by Crippen LogP contribution is 2.23. The van der Waals surface area contributed by atoms with Crippen LogP contribution >= 0.6 is 0 Å². The minimum Gasteiger partial charge on any atom is -0.476 e. The number of H-pyrrole nitrogens is 1. The average molecular weight is 288 g/mol. The predicted molar refractivity (Wildman–Crippen MR) is 66.5 cm³/mol. The summed E-state index contributed by atoms with van der Waals surface area (Å²) in [4.78, 5) is 12.8. The highest BCUT2D eigenvalue weighted by molar-refractivity contribution is 7.89. The van der Waals surface area contributed by atoms with Gasteiger partial charge in [0.05, 0.1) is 5.69 Å². The zero-order valence-electron chi connectivity index (χ0n) is 10.8. The molecule has 0 unspecified atom stereocenters. The lowest BCUT2D eigenvalue weighted by molar-refractivity contribution is 0.0686. The van der Waals surface area contributed by atoms with E-state index in [0.29, 0.717) is 26.2 Å². The SMILES string of the molecule is Cc1[nH]nc(C(=O)O)c1S(=O)(=O)N1CCN(C)CC1. The quantitative estimate of drug-likeness (QED) is 0.765. The number of carboxylic acid groups (broad SMARTS) is 1. The van der Waals surface area contributed by atoms with Crippen LogP contribution in [0.2, 0.25) is 0 Å². The summed E-state index contributed by atoms with van der Waals surface area (Å²) in [6, 6.07) is 0. The summed E-state index contributed by atoms with van der Waals surface area (Å²) in [5.74, 6) is -1.35. The first kappa shape index (κ1) is 14.0. The number of piperazine rings is 1. The molecule has 19 heavy (non-hydrogen) atoms. The van der Waals surface area contributed by atoms with Gasteiger partial charge in [0.15, 0.2) is 5.69 Å². The number of nitrogens with zero attached hydrogens (tertiary/aromatic N) is 3. The van der Waals surface area contributed by atoms with Crippen LogP contribution in [-0.4, -0.2) is 72.1 Å². The number of aromatic nitrogens is 2. The summed E-state index contributed by atoms with van der Waals surface area (Å²) in [6.07, 6.45) is 0. The molecule has 1 fully saturated rings. The van der Waals surface area contributed by atoms with E-state index in [1.54, 1.807) is 0 Å². The Bertz CT molecular complexity index is 587. The molecule has 2 N–H and O–H groups in total. The van der Waals surface area contributed by atoms with Gasteiger partial charge < -0.3 is 10.0 Å². The molecule has 9 heteroatoms. The zero-order valence-corrected chi connectivity index (χ0v) is 11.6. The maximum Gasteiger partial charge on any atom is 0.357 e. The fraction of sp³-hybridized carbons (Fsp3) is 0.600. The zero-order chi connectivity index (χ0) is 14.2. The molecule has 106 valence electrons. The van der Waals surface area contributed by atoms with Crippen molar-refractivity contribution in [2.45, 2.75) is 11.8 Å². The van der Waals surface area contributed by atoms with Crippen molar-refractivity contribution in [3.05, 3.63) is 11.4 Å². The topological polar surface area (TPSA) is 107 Å². The van der Waals surface area contributed by atoms with Crippen molar-refractivity contribution in [3.63, 3.8) is 0 Å². The van der Waals surface area contributed by atoms with Crippen LogP contribution in [0.4, 0.5) is 0 Å². The number of carboxylic acids is 1. The van der Waals surface area contributed by atoms with Gasteiger partial charge >= 0.3 is 5.97 Å². The second kappa shape index (κ2) is 4.91. The summed E-state index contributed by atoms with van der Waals surface area (Å²) in [6.45, 7) is 3.45. The van der Waals surface area contributed by atoms with E-state index in [2.05, 4.69) is 10.2 Å². The van der Waals surface area contributed by atoms with Crippen LogP contribution in [0.25, 0.3) is 0 Å². The number of aryl methyl sites for hydroxylation is 1. The Labute approximate surface area is 111 Å². The number of hydrogen-bond acceptors (Lipinski definition) is 5. The summed E-state index contributed by atoms with van der Waals surface area (Å²) in [5.41, 5.74) is -0.201. The number of aromatic carboxylic acids is 1. The standard InChI is InChI=1S/C10H16N4O4S/c1-7-9(8(10(15)16)12-11-7)19(17,18)14-5-3-13(2)4-6-14/h3-6H2,1-2H3,(H,11,12)(H,15,16). The highest BCUT2D eigenvalue weighted by Gasteiger charge is 2.34. The Morgan fingerprint density at radius 1 is 1.32 bits per heavy atom. The number of rotatable bonds is 3. The van der Waals surface area contributed by atoms with Crippen LogP contribution in [0.3, 0.4) is 0 Å². The number of aromatic amines is 1. The molecule has 0 spiro atoms. The number of likely N-dealkylation sites (N-methyl/N-ethyl adjacent to an activating group) is 1. The number of carbonyl (C=O) groups is 1. The Morgan fingerprint density at radius 2 is 1.89 bits per heavy atom. The molecule has 0 saturated carbocycles. The predicted octanol–water partition coefficient (Wildman–Crippen LogP) is -0.648.